The molecule has 2 aromatic rings. The van der Waals surface area contributed by atoms with Crippen molar-refractivity contribution in [1.82, 2.24) is 9.97 Å². The summed E-state index contributed by atoms with van der Waals surface area (Å²) in [7, 11) is 3.34. The van der Waals surface area contributed by atoms with Gasteiger partial charge in [0.1, 0.15) is 29.5 Å². The van der Waals surface area contributed by atoms with Crippen molar-refractivity contribution in [2.45, 2.75) is 6.42 Å². The van der Waals surface area contributed by atoms with Gasteiger partial charge in [0.2, 0.25) is 0 Å². The van der Waals surface area contributed by atoms with Crippen LogP contribution in [0.2, 0.25) is 0 Å². The van der Waals surface area contributed by atoms with Crippen molar-refractivity contribution in [1.29, 1.82) is 0 Å². The Labute approximate surface area is 147 Å². The molecule has 0 saturated carbocycles. The van der Waals surface area contributed by atoms with Gasteiger partial charge >= 0.3 is 0 Å². The predicted octanol–water partition coefficient (Wildman–Crippen LogP) is 1.98. The molecule has 7 nitrogen and oxygen atoms in total. The third-order valence-electron chi connectivity index (χ3n) is 4.18. The van der Waals surface area contributed by atoms with Crippen LogP contribution in [-0.2, 0) is 11.2 Å². The molecule has 7 heteroatoms. The van der Waals surface area contributed by atoms with Crippen LogP contribution < -0.4 is 19.7 Å². The first-order valence-corrected chi connectivity index (χ1v) is 8.39. The minimum Gasteiger partial charge on any atom is -0.497 e. The fraction of sp³-hybridized carbons (Fsp3) is 0.444. The third kappa shape index (κ3) is 4.51. The first kappa shape index (κ1) is 17.3. The lowest BCUT2D eigenvalue weighted by atomic mass is 10.1. The van der Waals surface area contributed by atoms with Crippen LogP contribution in [0.4, 0.5) is 11.6 Å². The lowest BCUT2D eigenvalue weighted by molar-refractivity contribution is 0.122. The largest absolute Gasteiger partial charge is 0.497 e. The smallest absolute Gasteiger partial charge is 0.134 e. The molecular weight excluding hydrogens is 320 g/mol. The Balaban J connectivity index is 1.60. The zero-order valence-electron chi connectivity index (χ0n) is 14.7. The Kier molecular flexibility index (Phi) is 5.90. The molecule has 0 spiro atoms. The third-order valence-corrected chi connectivity index (χ3v) is 4.18. The number of hydrogen-bond acceptors (Lipinski definition) is 7. The molecule has 0 atom stereocenters. The number of benzene rings is 1. The molecule has 1 aromatic carbocycles. The number of ether oxygens (including phenoxy) is 3. The summed E-state index contributed by atoms with van der Waals surface area (Å²) in [5.74, 6) is 3.44. The highest BCUT2D eigenvalue weighted by molar-refractivity contribution is 5.49. The van der Waals surface area contributed by atoms with E-state index < -0.39 is 0 Å². The summed E-state index contributed by atoms with van der Waals surface area (Å²) in [6, 6.07) is 7.80. The number of nitrogens with zero attached hydrogens (tertiary/aromatic N) is 3. The SMILES string of the molecule is COc1ccc(OC)c(CCNc2cc(N3CCOCC3)ncn2)c1. The van der Waals surface area contributed by atoms with Crippen molar-refractivity contribution in [2.75, 3.05) is 57.3 Å². The Morgan fingerprint density at radius 1 is 1.12 bits per heavy atom. The van der Waals surface area contributed by atoms with Crippen LogP contribution in [0.25, 0.3) is 0 Å². The van der Waals surface area contributed by atoms with E-state index in [1.54, 1.807) is 20.5 Å². The van der Waals surface area contributed by atoms with Crippen molar-refractivity contribution in [3.8, 4) is 11.5 Å². The van der Waals surface area contributed by atoms with Gasteiger partial charge in [0.25, 0.3) is 0 Å². The molecule has 25 heavy (non-hydrogen) atoms. The van der Waals surface area contributed by atoms with E-state index in [4.69, 9.17) is 14.2 Å². The molecule has 0 bridgehead atoms. The molecule has 0 aliphatic carbocycles. The summed E-state index contributed by atoms with van der Waals surface area (Å²) < 4.78 is 16.1. The molecule has 0 unspecified atom stereocenters. The summed E-state index contributed by atoms with van der Waals surface area (Å²) in [5, 5.41) is 3.36. The summed E-state index contributed by atoms with van der Waals surface area (Å²) in [6.45, 7) is 3.93. The second kappa shape index (κ2) is 8.53. The molecule has 1 aliphatic heterocycles. The summed E-state index contributed by atoms with van der Waals surface area (Å²) in [5.41, 5.74) is 1.09. The summed E-state index contributed by atoms with van der Waals surface area (Å²) in [4.78, 5) is 10.9. The number of hydrogen-bond donors (Lipinski definition) is 1. The Bertz CT molecular complexity index is 690. The van der Waals surface area contributed by atoms with Crippen LogP contribution in [0.15, 0.2) is 30.6 Å². The van der Waals surface area contributed by atoms with Gasteiger partial charge in [-0.1, -0.05) is 0 Å². The van der Waals surface area contributed by atoms with Crippen molar-refractivity contribution in [2.24, 2.45) is 0 Å². The Morgan fingerprint density at radius 3 is 2.72 bits per heavy atom. The monoisotopic (exact) mass is 344 g/mol. The van der Waals surface area contributed by atoms with Crippen molar-refractivity contribution in [3.63, 3.8) is 0 Å². The van der Waals surface area contributed by atoms with E-state index in [0.717, 1.165) is 68.0 Å². The van der Waals surface area contributed by atoms with Gasteiger partial charge in [0, 0.05) is 25.7 Å². The molecule has 2 heterocycles. The zero-order chi connectivity index (χ0) is 17.5. The molecule has 1 N–H and O–H groups in total. The van der Waals surface area contributed by atoms with Crippen molar-refractivity contribution < 1.29 is 14.2 Å². The summed E-state index contributed by atoms with van der Waals surface area (Å²) >= 11 is 0. The van der Waals surface area contributed by atoms with Gasteiger partial charge in [-0.05, 0) is 30.2 Å². The quantitative estimate of drug-likeness (QED) is 0.824. The highest BCUT2D eigenvalue weighted by Gasteiger charge is 2.13. The average molecular weight is 344 g/mol. The maximum Gasteiger partial charge on any atom is 0.134 e. The number of methoxy groups -OCH3 is 2. The minimum absolute atomic E-state index is 0.738. The lowest BCUT2D eigenvalue weighted by Crippen LogP contribution is -2.36. The number of anilines is 2. The van der Waals surface area contributed by atoms with E-state index in [1.807, 2.05) is 24.3 Å². The number of morpholine rings is 1. The Hall–Kier alpha value is -2.54. The number of rotatable bonds is 7. The van der Waals surface area contributed by atoms with Gasteiger partial charge in [0.15, 0.2) is 0 Å². The standard InChI is InChI=1S/C18H24N4O3/c1-23-15-3-4-16(24-2)14(11-15)5-6-19-17-12-18(21-13-20-17)22-7-9-25-10-8-22/h3-4,11-13H,5-10H2,1-2H3,(H,19,20,21). The molecule has 1 aromatic heterocycles. The molecule has 1 saturated heterocycles. The highest BCUT2D eigenvalue weighted by atomic mass is 16.5. The predicted molar refractivity (Wildman–Crippen MR) is 96.8 cm³/mol. The van der Waals surface area contributed by atoms with Crippen LogP contribution in [-0.4, -0.2) is 57.0 Å². The fourth-order valence-electron chi connectivity index (χ4n) is 2.81. The maximum absolute atomic E-state index is 5.42. The molecule has 0 radical (unpaired) electrons. The molecule has 0 amide bonds. The molecule has 3 rings (SSSR count). The lowest BCUT2D eigenvalue weighted by Gasteiger charge is -2.27. The average Bonchev–Trinajstić information content (AvgIpc) is 2.69. The van der Waals surface area contributed by atoms with Gasteiger partial charge in [-0.2, -0.15) is 0 Å². The zero-order valence-corrected chi connectivity index (χ0v) is 14.7. The Morgan fingerprint density at radius 2 is 1.96 bits per heavy atom. The maximum atomic E-state index is 5.42. The first-order valence-electron chi connectivity index (χ1n) is 8.39. The van der Waals surface area contributed by atoms with Gasteiger partial charge in [-0.3, -0.25) is 0 Å². The summed E-state index contributed by atoms with van der Waals surface area (Å²) in [6.07, 6.45) is 2.40. The molecule has 134 valence electrons. The van der Waals surface area contributed by atoms with Crippen molar-refractivity contribution in [3.05, 3.63) is 36.2 Å². The van der Waals surface area contributed by atoms with Crippen LogP contribution in [0, 0.1) is 0 Å². The minimum atomic E-state index is 0.738. The van der Waals surface area contributed by atoms with Crippen LogP contribution >= 0.6 is 0 Å². The fourth-order valence-corrected chi connectivity index (χ4v) is 2.81. The van der Waals surface area contributed by atoms with E-state index in [1.165, 1.54) is 0 Å². The molecular formula is C18H24N4O3. The number of aromatic nitrogens is 2. The van der Waals surface area contributed by atoms with Gasteiger partial charge in [0.05, 0.1) is 27.4 Å². The normalized spacial score (nSPS) is 14.2. The van der Waals surface area contributed by atoms with Gasteiger partial charge < -0.3 is 24.4 Å². The topological polar surface area (TPSA) is 68.7 Å². The van der Waals surface area contributed by atoms with E-state index in [-0.39, 0.29) is 0 Å². The van der Waals surface area contributed by atoms with E-state index in [0.29, 0.717) is 0 Å². The van der Waals surface area contributed by atoms with E-state index >= 15 is 0 Å². The van der Waals surface area contributed by atoms with Crippen LogP contribution in [0.3, 0.4) is 0 Å². The van der Waals surface area contributed by atoms with Gasteiger partial charge in [-0.25, -0.2) is 9.97 Å². The van der Waals surface area contributed by atoms with E-state index in [2.05, 4.69) is 20.2 Å². The first-order chi connectivity index (χ1) is 12.3. The van der Waals surface area contributed by atoms with E-state index in [9.17, 15) is 0 Å². The van der Waals surface area contributed by atoms with Crippen LogP contribution in [0.5, 0.6) is 11.5 Å². The number of nitrogens with one attached hydrogen (secondary N) is 1. The van der Waals surface area contributed by atoms with Crippen molar-refractivity contribution >= 4 is 11.6 Å². The van der Waals surface area contributed by atoms with Crippen LogP contribution in [0.1, 0.15) is 5.56 Å². The molecule has 1 aliphatic rings. The second-order valence-electron chi connectivity index (χ2n) is 5.72. The molecule has 1 fully saturated rings. The van der Waals surface area contributed by atoms with Gasteiger partial charge in [-0.15, -0.1) is 0 Å². The second-order valence-corrected chi connectivity index (χ2v) is 5.72. The highest BCUT2D eigenvalue weighted by Crippen LogP contribution is 2.24.